The van der Waals surface area contributed by atoms with Gasteiger partial charge in [-0.3, -0.25) is 14.5 Å². The number of hydrogen-bond donors (Lipinski definition) is 2. The lowest BCUT2D eigenvalue weighted by Crippen LogP contribution is -2.19. The fourth-order valence-corrected chi connectivity index (χ4v) is 4.85. The van der Waals surface area contributed by atoms with Crippen LogP contribution in [0, 0.1) is 6.92 Å². The number of urea groups is 1. The molecule has 0 aliphatic rings. The van der Waals surface area contributed by atoms with Gasteiger partial charge >= 0.3 is 6.03 Å². The Labute approximate surface area is 190 Å². The van der Waals surface area contributed by atoms with Crippen molar-refractivity contribution in [2.24, 2.45) is 0 Å². The highest BCUT2D eigenvalue weighted by Gasteiger charge is 2.10. The first kappa shape index (κ1) is 21.3. The van der Waals surface area contributed by atoms with Gasteiger partial charge in [0.05, 0.1) is 5.69 Å². The molecular weight excluding hydrogens is 452 g/mol. The van der Waals surface area contributed by atoms with Gasteiger partial charge in [-0.2, -0.15) is 0 Å². The molecule has 0 fully saturated rings. The fraction of sp³-hybridized carbons (Fsp3) is 0.150. The molecule has 8 nitrogen and oxygen atoms in total. The van der Waals surface area contributed by atoms with Gasteiger partial charge in [0.25, 0.3) is 5.56 Å². The van der Waals surface area contributed by atoms with Crippen molar-refractivity contribution in [3.05, 3.63) is 70.3 Å². The van der Waals surface area contributed by atoms with Crippen molar-refractivity contribution in [3.8, 4) is 0 Å². The van der Waals surface area contributed by atoms with Gasteiger partial charge in [0.1, 0.15) is 5.65 Å². The van der Waals surface area contributed by atoms with Crippen LogP contribution in [0.3, 0.4) is 0 Å². The quantitative estimate of drug-likeness (QED) is 0.316. The number of carbonyl (C=O) groups excluding carboxylic acids is 1. The lowest BCUT2D eigenvalue weighted by molar-refractivity contribution is 0.262. The highest BCUT2D eigenvalue weighted by atomic mass is 32.2. The van der Waals surface area contributed by atoms with Crippen LogP contribution in [0.15, 0.2) is 62.7 Å². The molecule has 0 saturated heterocycles. The summed E-state index contributed by atoms with van der Waals surface area (Å²) in [6, 6.07) is 12.5. The zero-order chi connectivity index (χ0) is 21.8. The van der Waals surface area contributed by atoms with Gasteiger partial charge in [-0.25, -0.2) is 9.78 Å². The summed E-state index contributed by atoms with van der Waals surface area (Å²) in [4.78, 5) is 30.1. The van der Waals surface area contributed by atoms with Gasteiger partial charge < -0.3 is 5.32 Å². The molecule has 0 aliphatic carbocycles. The van der Waals surface area contributed by atoms with Crippen LogP contribution in [0.5, 0.6) is 0 Å². The van der Waals surface area contributed by atoms with Crippen LogP contribution < -0.4 is 16.2 Å². The molecule has 4 aromatic rings. The number of nitrogens with one attached hydrogen (secondary N) is 2. The second-order valence-corrected chi connectivity index (χ2v) is 9.57. The van der Waals surface area contributed by atoms with E-state index in [1.807, 2.05) is 49.6 Å². The Morgan fingerprint density at radius 1 is 1.16 bits per heavy atom. The number of benzene rings is 1. The minimum absolute atomic E-state index is 0.119. The molecule has 31 heavy (non-hydrogen) atoms. The van der Waals surface area contributed by atoms with Crippen molar-refractivity contribution >= 4 is 57.4 Å². The molecular formula is C20H18N6O2S3. The number of aryl methyl sites for hydroxylation is 1. The number of anilines is 2. The number of thioether (sulfide) groups is 2. The molecule has 2 N–H and O–H groups in total. The smallest absolute Gasteiger partial charge is 0.308 e. The highest BCUT2D eigenvalue weighted by Crippen LogP contribution is 2.28. The second kappa shape index (κ2) is 9.50. The number of carbonyl (C=O) groups is 1. The zero-order valence-electron chi connectivity index (χ0n) is 16.7. The number of rotatable bonds is 6. The van der Waals surface area contributed by atoms with E-state index < -0.39 is 0 Å². The molecule has 0 spiro atoms. The highest BCUT2D eigenvalue weighted by molar-refractivity contribution is 8.00. The maximum atomic E-state index is 12.3. The average molecular weight is 471 g/mol. The van der Waals surface area contributed by atoms with Crippen LogP contribution >= 0.6 is 34.9 Å². The van der Waals surface area contributed by atoms with E-state index in [0.717, 1.165) is 10.5 Å². The second-order valence-electron chi connectivity index (χ2n) is 6.49. The third-order valence-electron chi connectivity index (χ3n) is 4.16. The van der Waals surface area contributed by atoms with E-state index in [1.165, 1.54) is 33.6 Å². The summed E-state index contributed by atoms with van der Waals surface area (Å²) in [5.41, 5.74) is 2.84. The first-order valence-corrected chi connectivity index (χ1v) is 12.2. The van der Waals surface area contributed by atoms with Crippen LogP contribution in [-0.2, 0) is 5.75 Å². The molecule has 2 amide bonds. The molecule has 0 unspecified atom stereocenters. The minimum Gasteiger partial charge on any atom is -0.308 e. The van der Waals surface area contributed by atoms with Crippen LogP contribution in [0.4, 0.5) is 15.6 Å². The summed E-state index contributed by atoms with van der Waals surface area (Å²) < 4.78 is 2.20. The van der Waals surface area contributed by atoms with Crippen LogP contribution in [0.1, 0.15) is 11.3 Å². The molecule has 158 valence electrons. The number of fused-ring (bicyclic) bond motifs is 1. The molecule has 0 aliphatic heterocycles. The van der Waals surface area contributed by atoms with Crippen LogP contribution in [0.2, 0.25) is 0 Å². The maximum Gasteiger partial charge on any atom is 0.325 e. The Bertz CT molecular complexity index is 1300. The Morgan fingerprint density at radius 3 is 2.87 bits per heavy atom. The lowest BCUT2D eigenvalue weighted by atomic mass is 10.3. The predicted molar refractivity (Wildman–Crippen MR) is 127 cm³/mol. The topological polar surface area (TPSA) is 101 Å². The SMILES string of the molecule is CSc1cccc(NC(=O)Nc2nnc(SCc3cc(=O)n4cc(C)ccc4n3)s2)c1. The lowest BCUT2D eigenvalue weighted by Gasteiger charge is -2.06. The molecule has 0 saturated carbocycles. The van der Waals surface area contributed by atoms with E-state index in [1.54, 1.807) is 18.0 Å². The minimum atomic E-state index is -0.384. The van der Waals surface area contributed by atoms with E-state index in [4.69, 9.17) is 0 Å². The van der Waals surface area contributed by atoms with E-state index >= 15 is 0 Å². The van der Waals surface area contributed by atoms with Crippen molar-refractivity contribution in [1.82, 2.24) is 19.6 Å². The van der Waals surface area contributed by atoms with Gasteiger partial charge in [-0.15, -0.1) is 22.0 Å². The molecule has 3 heterocycles. The molecule has 0 atom stereocenters. The van der Waals surface area contributed by atoms with Gasteiger partial charge in [0, 0.05) is 28.6 Å². The predicted octanol–water partition coefficient (Wildman–Crippen LogP) is 4.51. The van der Waals surface area contributed by atoms with Crippen molar-refractivity contribution in [3.63, 3.8) is 0 Å². The van der Waals surface area contributed by atoms with Crippen molar-refractivity contribution in [2.75, 3.05) is 16.9 Å². The summed E-state index contributed by atoms with van der Waals surface area (Å²) in [5.74, 6) is 0.474. The first-order valence-electron chi connectivity index (χ1n) is 9.17. The molecule has 0 radical (unpaired) electrons. The Kier molecular flexibility index (Phi) is 6.54. The largest absolute Gasteiger partial charge is 0.325 e. The number of aromatic nitrogens is 4. The summed E-state index contributed by atoms with van der Waals surface area (Å²) in [6.07, 6.45) is 3.75. The number of pyridine rings is 1. The molecule has 3 aromatic heterocycles. The Morgan fingerprint density at radius 2 is 2.03 bits per heavy atom. The fourth-order valence-electron chi connectivity index (χ4n) is 2.75. The van der Waals surface area contributed by atoms with E-state index in [2.05, 4.69) is 25.8 Å². The standard InChI is InChI=1S/C20H18N6O2S3/c1-12-6-7-16-21-14(9-17(27)26(16)10-12)11-30-20-25-24-19(31-20)23-18(28)22-13-4-3-5-15(8-13)29-2/h3-10H,11H2,1-2H3,(H2,22,23,24,28). The maximum absolute atomic E-state index is 12.3. The summed E-state index contributed by atoms with van der Waals surface area (Å²) in [5, 5.41) is 14.0. The summed E-state index contributed by atoms with van der Waals surface area (Å²) in [7, 11) is 0. The molecule has 11 heteroatoms. The van der Waals surface area contributed by atoms with Gasteiger partial charge in [0.15, 0.2) is 4.34 Å². The molecule has 4 rings (SSSR count). The molecule has 1 aromatic carbocycles. The van der Waals surface area contributed by atoms with Crippen LogP contribution in [-0.4, -0.2) is 31.9 Å². The number of amides is 2. The van der Waals surface area contributed by atoms with Gasteiger partial charge in [-0.05, 0) is 43.0 Å². The van der Waals surface area contributed by atoms with Gasteiger partial charge in [-0.1, -0.05) is 35.2 Å². The Hall–Kier alpha value is -2.89. The van der Waals surface area contributed by atoms with Crippen molar-refractivity contribution in [2.45, 2.75) is 21.9 Å². The summed E-state index contributed by atoms with van der Waals surface area (Å²) in [6.45, 7) is 1.93. The normalized spacial score (nSPS) is 10.9. The third-order valence-corrected chi connectivity index (χ3v) is 6.89. The van der Waals surface area contributed by atoms with Crippen LogP contribution in [0.25, 0.3) is 5.65 Å². The number of nitrogens with zero attached hydrogens (tertiary/aromatic N) is 4. The summed E-state index contributed by atoms with van der Waals surface area (Å²) >= 11 is 4.27. The average Bonchev–Trinajstić information content (AvgIpc) is 3.20. The van der Waals surface area contributed by atoms with E-state index in [9.17, 15) is 9.59 Å². The zero-order valence-corrected chi connectivity index (χ0v) is 19.1. The monoisotopic (exact) mass is 470 g/mol. The Balaban J connectivity index is 1.37. The van der Waals surface area contributed by atoms with E-state index in [-0.39, 0.29) is 11.6 Å². The van der Waals surface area contributed by atoms with Gasteiger partial charge in [0.2, 0.25) is 5.13 Å². The third kappa shape index (κ3) is 5.43. The van der Waals surface area contributed by atoms with Crippen molar-refractivity contribution in [1.29, 1.82) is 0 Å². The number of hydrogen-bond acceptors (Lipinski definition) is 8. The van der Waals surface area contributed by atoms with Crippen molar-refractivity contribution < 1.29 is 4.79 Å². The molecule has 0 bridgehead atoms. The first-order chi connectivity index (χ1) is 15.0. The van der Waals surface area contributed by atoms with E-state index in [0.29, 0.717) is 32.3 Å².